The van der Waals surface area contributed by atoms with Crippen molar-refractivity contribution >= 4 is 0 Å². The Kier molecular flexibility index (Phi) is 2.71. The molecule has 78 valence electrons. The van der Waals surface area contributed by atoms with Crippen molar-refractivity contribution in [2.45, 2.75) is 26.3 Å². The summed E-state index contributed by atoms with van der Waals surface area (Å²) < 4.78 is 5.17. The van der Waals surface area contributed by atoms with Crippen molar-refractivity contribution < 1.29 is 9.84 Å². The summed E-state index contributed by atoms with van der Waals surface area (Å²) in [6.07, 6.45) is 0. The van der Waals surface area contributed by atoms with Crippen molar-refractivity contribution in [2.24, 2.45) is 5.73 Å². The molecule has 0 atom stereocenters. The zero-order valence-corrected chi connectivity index (χ0v) is 9.09. The van der Waals surface area contributed by atoms with E-state index in [2.05, 4.69) is 0 Å². The minimum absolute atomic E-state index is 0.218. The average molecular weight is 195 g/mol. The zero-order chi connectivity index (χ0) is 10.9. The molecule has 14 heavy (non-hydrogen) atoms. The maximum absolute atomic E-state index is 9.71. The molecule has 0 bridgehead atoms. The third-order valence-corrected chi connectivity index (χ3v) is 2.21. The van der Waals surface area contributed by atoms with Gasteiger partial charge >= 0.3 is 0 Å². The Morgan fingerprint density at radius 1 is 1.36 bits per heavy atom. The number of hydrogen-bond donors (Lipinski definition) is 2. The van der Waals surface area contributed by atoms with Crippen LogP contribution < -0.4 is 10.5 Å². The van der Waals surface area contributed by atoms with E-state index >= 15 is 0 Å². The third-order valence-electron chi connectivity index (χ3n) is 2.21. The van der Waals surface area contributed by atoms with Gasteiger partial charge in [0, 0.05) is 11.1 Å². The van der Waals surface area contributed by atoms with Gasteiger partial charge in [-0.15, -0.1) is 0 Å². The predicted octanol–water partition coefficient (Wildman–Crippen LogP) is 1.90. The number of hydrogen-bond acceptors (Lipinski definition) is 3. The first-order chi connectivity index (χ1) is 6.36. The lowest BCUT2D eigenvalue weighted by atomic mass is 9.93. The first kappa shape index (κ1) is 10.9. The number of phenolic OH excluding ortho intramolecular Hbond substituents is 1. The molecule has 0 radical (unpaired) electrons. The molecule has 0 saturated carbocycles. The summed E-state index contributed by atoms with van der Waals surface area (Å²) in [4.78, 5) is 0. The maximum Gasteiger partial charge on any atom is 0.122 e. The SMILES string of the molecule is COc1cc(C(C)(C)N)c(O)cc1C. The number of rotatable bonds is 2. The first-order valence-electron chi connectivity index (χ1n) is 4.53. The number of aryl methyl sites for hydroxylation is 1. The van der Waals surface area contributed by atoms with Crippen LogP contribution in [-0.4, -0.2) is 12.2 Å². The molecule has 3 N–H and O–H groups in total. The average Bonchev–Trinajstić information content (AvgIpc) is 2.02. The van der Waals surface area contributed by atoms with Gasteiger partial charge in [-0.25, -0.2) is 0 Å². The molecule has 1 aromatic carbocycles. The van der Waals surface area contributed by atoms with Gasteiger partial charge in [0.1, 0.15) is 11.5 Å². The Balaban J connectivity index is 3.32. The van der Waals surface area contributed by atoms with Crippen LogP contribution in [0.3, 0.4) is 0 Å². The van der Waals surface area contributed by atoms with E-state index in [-0.39, 0.29) is 5.75 Å². The molecule has 0 amide bonds. The molecule has 1 aromatic rings. The largest absolute Gasteiger partial charge is 0.508 e. The summed E-state index contributed by atoms with van der Waals surface area (Å²) in [7, 11) is 1.60. The number of methoxy groups -OCH3 is 1. The fourth-order valence-corrected chi connectivity index (χ4v) is 1.41. The molecule has 0 saturated heterocycles. The van der Waals surface area contributed by atoms with E-state index in [4.69, 9.17) is 10.5 Å². The van der Waals surface area contributed by atoms with Crippen LogP contribution in [0.15, 0.2) is 12.1 Å². The summed E-state index contributed by atoms with van der Waals surface area (Å²) in [6.45, 7) is 5.57. The van der Waals surface area contributed by atoms with Gasteiger partial charge in [-0.1, -0.05) is 0 Å². The van der Waals surface area contributed by atoms with Crippen molar-refractivity contribution in [1.29, 1.82) is 0 Å². The molecule has 0 unspecified atom stereocenters. The number of nitrogens with two attached hydrogens (primary N) is 1. The van der Waals surface area contributed by atoms with Crippen LogP contribution in [0.2, 0.25) is 0 Å². The fourth-order valence-electron chi connectivity index (χ4n) is 1.41. The van der Waals surface area contributed by atoms with Gasteiger partial charge in [0.15, 0.2) is 0 Å². The molecule has 1 rings (SSSR count). The Hall–Kier alpha value is -1.22. The number of ether oxygens (including phenoxy) is 1. The van der Waals surface area contributed by atoms with Gasteiger partial charge in [0.2, 0.25) is 0 Å². The first-order valence-corrected chi connectivity index (χ1v) is 4.53. The van der Waals surface area contributed by atoms with Crippen LogP contribution >= 0.6 is 0 Å². The van der Waals surface area contributed by atoms with E-state index in [1.165, 1.54) is 0 Å². The number of phenols is 1. The predicted molar refractivity (Wildman–Crippen MR) is 56.6 cm³/mol. The minimum atomic E-state index is -0.564. The highest BCUT2D eigenvalue weighted by atomic mass is 16.5. The molecule has 0 aromatic heterocycles. The minimum Gasteiger partial charge on any atom is -0.508 e. The summed E-state index contributed by atoms with van der Waals surface area (Å²) in [5.74, 6) is 0.965. The molecule has 3 heteroatoms. The molecule has 0 aliphatic rings. The van der Waals surface area contributed by atoms with Crippen LogP contribution in [0.5, 0.6) is 11.5 Å². The van der Waals surface area contributed by atoms with Gasteiger partial charge < -0.3 is 15.6 Å². The lowest BCUT2D eigenvalue weighted by Gasteiger charge is -2.21. The Morgan fingerprint density at radius 2 is 1.93 bits per heavy atom. The standard InChI is InChI=1S/C11H17NO2/c1-7-5-9(13)8(11(2,3)12)6-10(7)14-4/h5-6,13H,12H2,1-4H3. The van der Waals surface area contributed by atoms with E-state index in [9.17, 15) is 5.11 Å². The van der Waals surface area contributed by atoms with E-state index < -0.39 is 5.54 Å². The van der Waals surface area contributed by atoms with Crippen molar-refractivity contribution in [2.75, 3.05) is 7.11 Å². The van der Waals surface area contributed by atoms with Crippen LogP contribution in [-0.2, 0) is 5.54 Å². The Labute approximate surface area is 84.5 Å². The second-order valence-corrected chi connectivity index (χ2v) is 4.06. The maximum atomic E-state index is 9.71. The Bertz CT molecular complexity index is 340. The van der Waals surface area contributed by atoms with Crippen LogP contribution in [0.4, 0.5) is 0 Å². The molecule has 0 aliphatic carbocycles. The van der Waals surface area contributed by atoms with Crippen molar-refractivity contribution in [3.8, 4) is 11.5 Å². The third kappa shape index (κ3) is 1.99. The molecule has 0 heterocycles. The van der Waals surface area contributed by atoms with Crippen molar-refractivity contribution in [3.05, 3.63) is 23.3 Å². The molecule has 0 fully saturated rings. The zero-order valence-electron chi connectivity index (χ0n) is 9.09. The fraction of sp³-hybridized carbons (Fsp3) is 0.455. The highest BCUT2D eigenvalue weighted by Crippen LogP contribution is 2.33. The van der Waals surface area contributed by atoms with Crippen LogP contribution in [0.1, 0.15) is 25.0 Å². The summed E-state index contributed by atoms with van der Waals surface area (Å²) in [5, 5.41) is 9.71. The summed E-state index contributed by atoms with van der Waals surface area (Å²) in [5.41, 5.74) is 6.95. The second kappa shape index (κ2) is 3.50. The quantitative estimate of drug-likeness (QED) is 0.757. The lowest BCUT2D eigenvalue weighted by molar-refractivity contribution is 0.400. The van der Waals surface area contributed by atoms with Crippen LogP contribution in [0.25, 0.3) is 0 Å². The van der Waals surface area contributed by atoms with E-state index in [1.807, 2.05) is 20.8 Å². The second-order valence-electron chi connectivity index (χ2n) is 4.06. The molecule has 0 spiro atoms. The van der Waals surface area contributed by atoms with Gasteiger partial charge in [0.05, 0.1) is 7.11 Å². The molecule has 3 nitrogen and oxygen atoms in total. The monoisotopic (exact) mass is 195 g/mol. The number of aromatic hydroxyl groups is 1. The highest BCUT2D eigenvalue weighted by molar-refractivity contribution is 5.47. The van der Waals surface area contributed by atoms with Gasteiger partial charge in [-0.05, 0) is 38.5 Å². The summed E-state index contributed by atoms with van der Waals surface area (Å²) >= 11 is 0. The van der Waals surface area contributed by atoms with Gasteiger partial charge in [-0.2, -0.15) is 0 Å². The number of benzene rings is 1. The lowest BCUT2D eigenvalue weighted by Crippen LogP contribution is -2.28. The van der Waals surface area contributed by atoms with Crippen LogP contribution in [0, 0.1) is 6.92 Å². The van der Waals surface area contributed by atoms with Gasteiger partial charge in [0.25, 0.3) is 0 Å². The van der Waals surface area contributed by atoms with E-state index in [1.54, 1.807) is 19.2 Å². The molecule has 0 aliphatic heterocycles. The van der Waals surface area contributed by atoms with E-state index in [0.29, 0.717) is 5.56 Å². The van der Waals surface area contributed by atoms with Crippen molar-refractivity contribution in [1.82, 2.24) is 0 Å². The van der Waals surface area contributed by atoms with Crippen molar-refractivity contribution in [3.63, 3.8) is 0 Å². The molecular formula is C11H17NO2. The normalized spacial score (nSPS) is 11.5. The topological polar surface area (TPSA) is 55.5 Å². The molecular weight excluding hydrogens is 178 g/mol. The summed E-state index contributed by atoms with van der Waals surface area (Å²) in [6, 6.07) is 3.45. The highest BCUT2D eigenvalue weighted by Gasteiger charge is 2.20. The smallest absolute Gasteiger partial charge is 0.122 e. The van der Waals surface area contributed by atoms with Gasteiger partial charge in [-0.3, -0.25) is 0 Å². The Morgan fingerprint density at radius 3 is 2.36 bits per heavy atom. The van der Waals surface area contributed by atoms with E-state index in [0.717, 1.165) is 11.3 Å².